The first-order valence-electron chi connectivity index (χ1n) is 10.1. The zero-order valence-corrected chi connectivity index (χ0v) is 16.9. The number of rotatable bonds is 5. The number of fused-ring (bicyclic) bond motifs is 2. The van der Waals surface area contributed by atoms with Gasteiger partial charge < -0.3 is 14.8 Å². The highest BCUT2D eigenvalue weighted by molar-refractivity contribution is 5.80. The molecule has 1 aliphatic heterocycles. The lowest BCUT2D eigenvalue weighted by Gasteiger charge is -2.36. The van der Waals surface area contributed by atoms with Crippen molar-refractivity contribution in [2.24, 2.45) is 0 Å². The lowest BCUT2D eigenvalue weighted by Crippen LogP contribution is -2.41. The molecule has 2 amide bonds. The molecule has 1 aliphatic rings. The molecule has 2 heterocycles. The third-order valence-electron chi connectivity index (χ3n) is 5.70. The van der Waals surface area contributed by atoms with Gasteiger partial charge in [0.1, 0.15) is 5.82 Å². The molecular formula is C23H26N4O2. The summed E-state index contributed by atoms with van der Waals surface area (Å²) in [7, 11) is 0. The quantitative estimate of drug-likeness (QED) is 0.728. The summed E-state index contributed by atoms with van der Waals surface area (Å²) in [5.74, 6) is 0.905. The molecule has 0 radical (unpaired) electrons. The first kappa shape index (κ1) is 19.2. The van der Waals surface area contributed by atoms with Crippen LogP contribution in [0.4, 0.5) is 0 Å². The average molecular weight is 390 g/mol. The van der Waals surface area contributed by atoms with Gasteiger partial charge in [-0.2, -0.15) is 0 Å². The lowest BCUT2D eigenvalue weighted by molar-refractivity contribution is -0.133. The summed E-state index contributed by atoms with van der Waals surface area (Å²) in [6, 6.07) is 15.9. The van der Waals surface area contributed by atoms with Crippen LogP contribution >= 0.6 is 0 Å². The van der Waals surface area contributed by atoms with Crippen LogP contribution in [0.25, 0.3) is 11.0 Å². The zero-order valence-electron chi connectivity index (χ0n) is 16.9. The Morgan fingerprint density at radius 2 is 1.90 bits per heavy atom. The topological polar surface area (TPSA) is 67.2 Å². The third kappa shape index (κ3) is 3.88. The molecule has 1 unspecified atom stereocenters. The number of hydrogen-bond acceptors (Lipinski definition) is 3. The van der Waals surface area contributed by atoms with Gasteiger partial charge in [-0.15, -0.1) is 0 Å². The maximum absolute atomic E-state index is 12.7. The van der Waals surface area contributed by atoms with Crippen LogP contribution in [0.2, 0.25) is 0 Å². The van der Waals surface area contributed by atoms with Crippen LogP contribution in [-0.4, -0.2) is 39.4 Å². The van der Waals surface area contributed by atoms with Crippen LogP contribution < -0.4 is 5.32 Å². The van der Waals surface area contributed by atoms with Gasteiger partial charge >= 0.3 is 0 Å². The van der Waals surface area contributed by atoms with Crippen LogP contribution in [0.3, 0.4) is 0 Å². The smallest absolute Gasteiger partial charge is 0.222 e. The van der Waals surface area contributed by atoms with Gasteiger partial charge in [0, 0.05) is 26.6 Å². The van der Waals surface area contributed by atoms with E-state index in [1.165, 1.54) is 5.56 Å². The Kier molecular flexibility index (Phi) is 5.34. The standard InChI is InChI=1S/C23H26N4O2/c1-16-25-20-9-5-6-10-21(20)26(16)14-12-24-23(29)15-22-19-8-4-3-7-18(19)11-13-27(22)17(2)28/h3-10,22H,11-15H2,1-2H3,(H,24,29). The highest BCUT2D eigenvalue weighted by Crippen LogP contribution is 2.32. The molecule has 0 spiro atoms. The number of carbonyl (C=O) groups excluding carboxylic acids is 2. The maximum atomic E-state index is 12.7. The minimum atomic E-state index is -0.201. The summed E-state index contributed by atoms with van der Waals surface area (Å²) < 4.78 is 2.12. The van der Waals surface area contributed by atoms with E-state index >= 15 is 0 Å². The van der Waals surface area contributed by atoms with Crippen molar-refractivity contribution >= 4 is 22.8 Å². The predicted octanol–water partition coefficient (Wildman–Crippen LogP) is 3.00. The largest absolute Gasteiger partial charge is 0.354 e. The molecule has 6 heteroatoms. The number of amides is 2. The van der Waals surface area contributed by atoms with Crippen molar-refractivity contribution in [1.29, 1.82) is 0 Å². The first-order chi connectivity index (χ1) is 14.0. The highest BCUT2D eigenvalue weighted by Gasteiger charge is 2.30. The molecule has 29 heavy (non-hydrogen) atoms. The fraction of sp³-hybridized carbons (Fsp3) is 0.348. The van der Waals surface area contributed by atoms with Gasteiger partial charge in [-0.3, -0.25) is 9.59 Å². The number of nitrogens with one attached hydrogen (secondary N) is 1. The number of aryl methyl sites for hydroxylation is 1. The Hall–Kier alpha value is -3.15. The fourth-order valence-electron chi connectivity index (χ4n) is 4.28. The van der Waals surface area contributed by atoms with Gasteiger partial charge in [0.05, 0.1) is 23.5 Å². The van der Waals surface area contributed by atoms with E-state index in [4.69, 9.17) is 0 Å². The lowest BCUT2D eigenvalue weighted by atomic mass is 9.90. The predicted molar refractivity (Wildman–Crippen MR) is 112 cm³/mol. The Balaban J connectivity index is 1.42. The van der Waals surface area contributed by atoms with Crippen LogP contribution in [-0.2, 0) is 22.6 Å². The van der Waals surface area contributed by atoms with Gasteiger partial charge in [-0.05, 0) is 36.6 Å². The summed E-state index contributed by atoms with van der Waals surface area (Å²) in [5, 5.41) is 3.02. The van der Waals surface area contributed by atoms with Gasteiger partial charge in [0.25, 0.3) is 0 Å². The summed E-state index contributed by atoms with van der Waals surface area (Å²) in [4.78, 5) is 31.2. The minimum Gasteiger partial charge on any atom is -0.354 e. The van der Waals surface area contributed by atoms with Crippen molar-refractivity contribution in [2.75, 3.05) is 13.1 Å². The number of hydrogen-bond donors (Lipinski definition) is 1. The SMILES string of the molecule is CC(=O)N1CCc2ccccc2C1CC(=O)NCCn1c(C)nc2ccccc21. The summed E-state index contributed by atoms with van der Waals surface area (Å²) in [6.45, 7) is 5.39. The molecular weight excluding hydrogens is 364 g/mol. The van der Waals surface area contributed by atoms with Gasteiger partial charge in [0.15, 0.2) is 0 Å². The number of benzene rings is 2. The Morgan fingerprint density at radius 3 is 2.72 bits per heavy atom. The van der Waals surface area contributed by atoms with Crippen molar-refractivity contribution in [3.8, 4) is 0 Å². The van der Waals surface area contributed by atoms with Crippen molar-refractivity contribution in [3.63, 3.8) is 0 Å². The van der Waals surface area contributed by atoms with E-state index in [0.717, 1.165) is 28.8 Å². The van der Waals surface area contributed by atoms with Gasteiger partial charge in [0.2, 0.25) is 11.8 Å². The molecule has 1 atom stereocenters. The summed E-state index contributed by atoms with van der Waals surface area (Å²) in [6.07, 6.45) is 1.11. The monoisotopic (exact) mass is 390 g/mol. The molecule has 1 N–H and O–H groups in total. The summed E-state index contributed by atoms with van der Waals surface area (Å²) in [5.41, 5.74) is 4.35. The van der Waals surface area contributed by atoms with E-state index in [-0.39, 0.29) is 24.3 Å². The van der Waals surface area contributed by atoms with Crippen molar-refractivity contribution in [2.45, 2.75) is 39.3 Å². The molecule has 0 fully saturated rings. The number of aromatic nitrogens is 2. The number of nitrogens with zero attached hydrogens (tertiary/aromatic N) is 3. The molecule has 3 aromatic rings. The first-order valence-corrected chi connectivity index (χ1v) is 10.1. The molecule has 2 aromatic carbocycles. The molecule has 4 rings (SSSR count). The van der Waals surface area contributed by atoms with Crippen LogP contribution in [0.1, 0.15) is 36.3 Å². The van der Waals surface area contributed by atoms with E-state index in [1.807, 2.05) is 54.3 Å². The van der Waals surface area contributed by atoms with Crippen molar-refractivity contribution < 1.29 is 9.59 Å². The highest BCUT2D eigenvalue weighted by atomic mass is 16.2. The average Bonchev–Trinajstić information content (AvgIpc) is 3.03. The van der Waals surface area contributed by atoms with Gasteiger partial charge in [-0.25, -0.2) is 4.98 Å². The number of carbonyl (C=O) groups is 2. The van der Waals surface area contributed by atoms with E-state index in [9.17, 15) is 9.59 Å². The van der Waals surface area contributed by atoms with Crippen molar-refractivity contribution in [3.05, 3.63) is 65.5 Å². The Morgan fingerprint density at radius 1 is 1.14 bits per heavy atom. The Labute approximate surface area is 170 Å². The minimum absolute atomic E-state index is 0.0119. The molecule has 0 saturated carbocycles. The second-order valence-electron chi connectivity index (χ2n) is 7.53. The molecule has 0 saturated heterocycles. The molecule has 6 nitrogen and oxygen atoms in total. The number of para-hydroxylation sites is 2. The summed E-state index contributed by atoms with van der Waals surface area (Å²) >= 11 is 0. The number of imidazole rings is 1. The van der Waals surface area contributed by atoms with Crippen molar-refractivity contribution in [1.82, 2.24) is 19.8 Å². The molecule has 0 aliphatic carbocycles. The van der Waals surface area contributed by atoms with Crippen LogP contribution in [0, 0.1) is 6.92 Å². The van der Waals surface area contributed by atoms with E-state index in [2.05, 4.69) is 20.9 Å². The molecule has 1 aromatic heterocycles. The maximum Gasteiger partial charge on any atom is 0.222 e. The fourth-order valence-corrected chi connectivity index (χ4v) is 4.28. The second-order valence-corrected chi connectivity index (χ2v) is 7.53. The van der Waals surface area contributed by atoms with E-state index in [1.54, 1.807) is 6.92 Å². The van der Waals surface area contributed by atoms with Gasteiger partial charge in [-0.1, -0.05) is 36.4 Å². The van der Waals surface area contributed by atoms with Crippen LogP contribution in [0.15, 0.2) is 48.5 Å². The zero-order chi connectivity index (χ0) is 20.4. The Bertz CT molecular complexity index is 1060. The third-order valence-corrected chi connectivity index (χ3v) is 5.70. The molecule has 150 valence electrons. The van der Waals surface area contributed by atoms with Crippen LogP contribution in [0.5, 0.6) is 0 Å². The van der Waals surface area contributed by atoms with E-state index < -0.39 is 0 Å². The normalized spacial score (nSPS) is 15.9. The second kappa shape index (κ2) is 8.07. The molecule has 0 bridgehead atoms. The van der Waals surface area contributed by atoms with E-state index in [0.29, 0.717) is 19.6 Å².